The summed E-state index contributed by atoms with van der Waals surface area (Å²) >= 11 is 0. The van der Waals surface area contributed by atoms with Crippen molar-refractivity contribution in [3.05, 3.63) is 24.2 Å². The predicted octanol–water partition coefficient (Wildman–Crippen LogP) is 0.415. The SMILES string of the molecule is Cn1nnnc1NCc1ccoc1. The molecule has 0 unspecified atom stereocenters. The molecule has 1 N–H and O–H groups in total. The third-order valence-corrected chi connectivity index (χ3v) is 1.65. The molecule has 2 aromatic rings. The summed E-state index contributed by atoms with van der Waals surface area (Å²) in [5.74, 6) is 0.640. The van der Waals surface area contributed by atoms with Gasteiger partial charge < -0.3 is 9.73 Å². The van der Waals surface area contributed by atoms with E-state index in [2.05, 4.69) is 20.8 Å². The minimum Gasteiger partial charge on any atom is -0.472 e. The van der Waals surface area contributed by atoms with E-state index in [1.165, 1.54) is 0 Å². The molecule has 6 nitrogen and oxygen atoms in total. The van der Waals surface area contributed by atoms with Crippen LogP contribution in [0.1, 0.15) is 5.56 Å². The molecule has 6 heteroatoms. The van der Waals surface area contributed by atoms with Crippen LogP contribution in [0.3, 0.4) is 0 Å². The van der Waals surface area contributed by atoms with Crippen molar-refractivity contribution in [1.82, 2.24) is 20.2 Å². The lowest BCUT2D eigenvalue weighted by Crippen LogP contribution is -2.04. The molecule has 0 saturated carbocycles. The molecule has 0 aliphatic heterocycles. The zero-order valence-corrected chi connectivity index (χ0v) is 7.14. The Labute approximate surface area is 74.5 Å². The maximum Gasteiger partial charge on any atom is 0.242 e. The van der Waals surface area contributed by atoms with Crippen LogP contribution in [-0.2, 0) is 13.6 Å². The molecular formula is C7H9N5O. The maximum atomic E-state index is 4.92. The molecule has 0 radical (unpaired) electrons. The minimum atomic E-state index is 0.640. The summed E-state index contributed by atoms with van der Waals surface area (Å²) in [4.78, 5) is 0. The number of hydrogen-bond acceptors (Lipinski definition) is 5. The van der Waals surface area contributed by atoms with Crippen molar-refractivity contribution in [2.45, 2.75) is 6.54 Å². The molecule has 0 amide bonds. The third kappa shape index (κ3) is 1.66. The van der Waals surface area contributed by atoms with Gasteiger partial charge in [-0.1, -0.05) is 5.10 Å². The average molecular weight is 179 g/mol. The van der Waals surface area contributed by atoms with E-state index in [1.54, 1.807) is 24.3 Å². The number of aromatic nitrogens is 4. The molecule has 2 aromatic heterocycles. The van der Waals surface area contributed by atoms with Crippen molar-refractivity contribution < 1.29 is 4.42 Å². The number of aryl methyl sites for hydroxylation is 1. The second kappa shape index (κ2) is 3.26. The van der Waals surface area contributed by atoms with E-state index < -0.39 is 0 Å². The van der Waals surface area contributed by atoms with Gasteiger partial charge >= 0.3 is 0 Å². The number of rotatable bonds is 3. The Morgan fingerprint density at radius 2 is 2.54 bits per heavy atom. The van der Waals surface area contributed by atoms with Crippen molar-refractivity contribution in [3.8, 4) is 0 Å². The van der Waals surface area contributed by atoms with Crippen molar-refractivity contribution in [2.75, 3.05) is 5.32 Å². The average Bonchev–Trinajstić information content (AvgIpc) is 2.72. The van der Waals surface area contributed by atoms with Crippen LogP contribution in [0, 0.1) is 0 Å². The van der Waals surface area contributed by atoms with E-state index in [0.29, 0.717) is 12.5 Å². The highest BCUT2D eigenvalue weighted by molar-refractivity contribution is 5.23. The van der Waals surface area contributed by atoms with Gasteiger partial charge in [-0.3, -0.25) is 0 Å². The van der Waals surface area contributed by atoms with Crippen LogP contribution >= 0.6 is 0 Å². The number of anilines is 1. The molecule has 0 aromatic carbocycles. The standard InChI is InChI=1S/C7H9N5O/c1-12-7(9-10-11-12)8-4-6-2-3-13-5-6/h2-3,5H,4H2,1H3,(H,8,9,11). The van der Waals surface area contributed by atoms with Gasteiger partial charge in [0.15, 0.2) is 0 Å². The van der Waals surface area contributed by atoms with Gasteiger partial charge in [-0.25, -0.2) is 4.68 Å². The molecule has 0 spiro atoms. The number of nitrogens with zero attached hydrogens (tertiary/aromatic N) is 4. The first-order valence-corrected chi connectivity index (χ1v) is 3.83. The second-order valence-electron chi connectivity index (χ2n) is 2.61. The van der Waals surface area contributed by atoms with Crippen LogP contribution in [-0.4, -0.2) is 20.2 Å². The van der Waals surface area contributed by atoms with Crippen LogP contribution in [0.5, 0.6) is 0 Å². The van der Waals surface area contributed by atoms with Gasteiger partial charge in [0.1, 0.15) is 0 Å². The smallest absolute Gasteiger partial charge is 0.242 e. The first-order chi connectivity index (χ1) is 6.36. The largest absolute Gasteiger partial charge is 0.472 e. The molecule has 68 valence electrons. The summed E-state index contributed by atoms with van der Waals surface area (Å²) in [5.41, 5.74) is 1.06. The topological polar surface area (TPSA) is 68.8 Å². The third-order valence-electron chi connectivity index (χ3n) is 1.65. The van der Waals surface area contributed by atoms with Crippen LogP contribution in [0.4, 0.5) is 5.95 Å². The Morgan fingerprint density at radius 3 is 3.15 bits per heavy atom. The highest BCUT2D eigenvalue weighted by Gasteiger charge is 2.00. The van der Waals surface area contributed by atoms with Crippen molar-refractivity contribution >= 4 is 5.95 Å². The molecule has 2 heterocycles. The number of furan rings is 1. The van der Waals surface area contributed by atoms with Gasteiger partial charge in [0.2, 0.25) is 5.95 Å². The minimum absolute atomic E-state index is 0.640. The number of hydrogen-bond donors (Lipinski definition) is 1. The summed E-state index contributed by atoms with van der Waals surface area (Å²) in [6, 6.07) is 1.89. The lowest BCUT2D eigenvalue weighted by molar-refractivity contribution is 0.564. The first kappa shape index (κ1) is 7.78. The molecule has 0 fully saturated rings. The lowest BCUT2D eigenvalue weighted by Gasteiger charge is -2.00. The summed E-state index contributed by atoms with van der Waals surface area (Å²) < 4.78 is 6.49. The normalized spacial score (nSPS) is 10.2. The molecular weight excluding hydrogens is 170 g/mol. The van der Waals surface area contributed by atoms with E-state index in [9.17, 15) is 0 Å². The highest BCUT2D eigenvalue weighted by Crippen LogP contribution is 2.03. The Bertz CT molecular complexity index is 366. The molecule has 2 rings (SSSR count). The summed E-state index contributed by atoms with van der Waals surface area (Å²) in [6.45, 7) is 0.657. The predicted molar refractivity (Wildman–Crippen MR) is 44.8 cm³/mol. The second-order valence-corrected chi connectivity index (χ2v) is 2.61. The molecule has 0 saturated heterocycles. The van der Waals surface area contributed by atoms with Crippen molar-refractivity contribution in [2.24, 2.45) is 7.05 Å². The first-order valence-electron chi connectivity index (χ1n) is 3.83. The van der Waals surface area contributed by atoms with Crippen LogP contribution < -0.4 is 5.32 Å². The van der Waals surface area contributed by atoms with Gasteiger partial charge in [0.05, 0.1) is 12.5 Å². The van der Waals surface area contributed by atoms with E-state index in [4.69, 9.17) is 4.42 Å². The van der Waals surface area contributed by atoms with E-state index in [0.717, 1.165) is 5.56 Å². The zero-order chi connectivity index (χ0) is 9.10. The van der Waals surface area contributed by atoms with Gasteiger partial charge in [0.25, 0.3) is 0 Å². The van der Waals surface area contributed by atoms with E-state index in [1.807, 2.05) is 6.07 Å². The fourth-order valence-corrected chi connectivity index (χ4v) is 0.954. The monoisotopic (exact) mass is 179 g/mol. The van der Waals surface area contributed by atoms with Gasteiger partial charge in [0, 0.05) is 19.2 Å². The Balaban J connectivity index is 1.97. The molecule has 0 atom stereocenters. The summed E-state index contributed by atoms with van der Waals surface area (Å²) in [5, 5.41) is 14.0. The van der Waals surface area contributed by atoms with Crippen molar-refractivity contribution in [1.29, 1.82) is 0 Å². The number of nitrogens with one attached hydrogen (secondary N) is 1. The Morgan fingerprint density at radius 1 is 1.62 bits per heavy atom. The quantitative estimate of drug-likeness (QED) is 0.739. The molecule has 0 aliphatic rings. The zero-order valence-electron chi connectivity index (χ0n) is 7.14. The van der Waals surface area contributed by atoms with Crippen molar-refractivity contribution in [3.63, 3.8) is 0 Å². The Kier molecular flexibility index (Phi) is 1.95. The Hall–Kier alpha value is -1.85. The van der Waals surface area contributed by atoms with E-state index >= 15 is 0 Å². The summed E-state index contributed by atoms with van der Waals surface area (Å²) in [7, 11) is 1.78. The van der Waals surface area contributed by atoms with Crippen LogP contribution in [0.15, 0.2) is 23.0 Å². The molecule has 0 bridgehead atoms. The lowest BCUT2D eigenvalue weighted by atomic mass is 10.3. The highest BCUT2D eigenvalue weighted by atomic mass is 16.3. The number of tetrazole rings is 1. The fourth-order valence-electron chi connectivity index (χ4n) is 0.954. The molecule has 0 aliphatic carbocycles. The van der Waals surface area contributed by atoms with Gasteiger partial charge in [-0.15, -0.1) is 0 Å². The van der Waals surface area contributed by atoms with Gasteiger partial charge in [-0.2, -0.15) is 0 Å². The van der Waals surface area contributed by atoms with Gasteiger partial charge in [-0.05, 0) is 16.5 Å². The van der Waals surface area contributed by atoms with Crippen LogP contribution in [0.25, 0.3) is 0 Å². The molecule has 13 heavy (non-hydrogen) atoms. The van der Waals surface area contributed by atoms with Crippen LogP contribution in [0.2, 0.25) is 0 Å². The van der Waals surface area contributed by atoms with E-state index in [-0.39, 0.29) is 0 Å². The summed E-state index contributed by atoms with van der Waals surface area (Å²) in [6.07, 6.45) is 3.31. The maximum absolute atomic E-state index is 4.92. The fraction of sp³-hybridized carbons (Fsp3) is 0.286.